The molecule has 0 aromatic heterocycles. The van der Waals surface area contributed by atoms with E-state index in [0.717, 1.165) is 24.2 Å². The topological polar surface area (TPSA) is 9.23 Å². The Morgan fingerprint density at radius 1 is 1.15 bits per heavy atom. The van der Waals surface area contributed by atoms with Crippen LogP contribution in [-0.4, -0.2) is 6.61 Å². The van der Waals surface area contributed by atoms with Gasteiger partial charge in [0.25, 0.3) is 0 Å². The van der Waals surface area contributed by atoms with Crippen LogP contribution in [0.2, 0.25) is 0 Å². The highest BCUT2D eigenvalue weighted by atomic mass is 16.5. The summed E-state index contributed by atoms with van der Waals surface area (Å²) in [5.41, 5.74) is 2.13. The van der Waals surface area contributed by atoms with Crippen molar-refractivity contribution in [2.45, 2.75) is 60.8 Å². The van der Waals surface area contributed by atoms with Gasteiger partial charge in [0.1, 0.15) is 0 Å². The smallest absolute Gasteiger partial charge is 0.0957 e. The molecule has 0 aromatic rings. The Morgan fingerprint density at radius 3 is 2.30 bits per heavy atom. The Kier molecular flexibility index (Phi) is 1.99. The van der Waals surface area contributed by atoms with Crippen molar-refractivity contribution in [1.29, 1.82) is 0 Å². The summed E-state index contributed by atoms with van der Waals surface area (Å²) >= 11 is 0. The van der Waals surface area contributed by atoms with Gasteiger partial charge in [0.15, 0.2) is 0 Å². The van der Waals surface area contributed by atoms with Crippen LogP contribution >= 0.6 is 0 Å². The average molecular weight is 274 g/mol. The second kappa shape index (κ2) is 3.01. The molecular formula is C19H30O. The molecule has 4 aliphatic rings. The van der Waals surface area contributed by atoms with Gasteiger partial charge in [-0.05, 0) is 52.8 Å². The van der Waals surface area contributed by atoms with Crippen LogP contribution in [0.15, 0.2) is 12.3 Å². The van der Waals surface area contributed by atoms with Crippen LogP contribution in [-0.2, 0) is 4.74 Å². The lowest BCUT2D eigenvalue weighted by atomic mass is 9.54. The maximum atomic E-state index is 5.89. The molecule has 1 heteroatoms. The fourth-order valence-electron chi connectivity index (χ4n) is 7.67. The molecule has 1 saturated heterocycles. The van der Waals surface area contributed by atoms with Gasteiger partial charge >= 0.3 is 0 Å². The quantitative estimate of drug-likeness (QED) is 0.602. The summed E-state index contributed by atoms with van der Waals surface area (Å²) in [7, 11) is 0. The summed E-state index contributed by atoms with van der Waals surface area (Å²) in [6.07, 6.45) is 3.98. The Hall–Kier alpha value is -0.460. The molecule has 5 unspecified atom stereocenters. The standard InChI is InChI=1S/C19H30O/c1-12-18(8-9-20-12)10-13-11-19(18)14(16(19,5)6)17(13,7)15(2,3)4/h13-14H,1,8-11H2,2-7H3. The van der Waals surface area contributed by atoms with E-state index in [-0.39, 0.29) is 0 Å². The predicted octanol–water partition coefficient (Wildman–Crippen LogP) is 5.03. The largest absolute Gasteiger partial charge is 0.498 e. The van der Waals surface area contributed by atoms with Crippen LogP contribution in [0.3, 0.4) is 0 Å². The third kappa shape index (κ3) is 0.938. The summed E-state index contributed by atoms with van der Waals surface area (Å²) in [6.45, 7) is 20.3. The number of fused-ring (bicyclic) bond motifs is 1. The van der Waals surface area contributed by atoms with Crippen molar-refractivity contribution < 1.29 is 4.74 Å². The fourth-order valence-corrected chi connectivity index (χ4v) is 7.67. The predicted molar refractivity (Wildman–Crippen MR) is 82.1 cm³/mol. The van der Waals surface area contributed by atoms with Crippen LogP contribution in [0.5, 0.6) is 0 Å². The number of hydrogen-bond acceptors (Lipinski definition) is 1. The van der Waals surface area contributed by atoms with E-state index < -0.39 is 0 Å². The zero-order valence-corrected chi connectivity index (χ0v) is 14.1. The van der Waals surface area contributed by atoms with Crippen LogP contribution in [0, 0.1) is 38.9 Å². The van der Waals surface area contributed by atoms with Gasteiger partial charge in [-0.3, -0.25) is 0 Å². The molecule has 4 fully saturated rings. The summed E-state index contributed by atoms with van der Waals surface area (Å²) in [4.78, 5) is 0. The lowest BCUT2D eigenvalue weighted by molar-refractivity contribution is -0.0106. The Balaban J connectivity index is 1.88. The minimum atomic E-state index is 0.316. The monoisotopic (exact) mass is 274 g/mol. The van der Waals surface area contributed by atoms with Crippen molar-refractivity contribution in [3.05, 3.63) is 12.3 Å². The molecule has 2 spiro atoms. The number of allylic oxidation sites excluding steroid dienone is 1. The second-order valence-corrected chi connectivity index (χ2v) is 9.87. The molecule has 112 valence electrons. The fraction of sp³-hybridized carbons (Fsp3) is 0.895. The van der Waals surface area contributed by atoms with Crippen molar-refractivity contribution in [3.8, 4) is 0 Å². The van der Waals surface area contributed by atoms with Crippen LogP contribution in [0.25, 0.3) is 0 Å². The second-order valence-electron chi connectivity index (χ2n) is 9.87. The molecule has 5 atom stereocenters. The Labute approximate surface area is 124 Å². The summed E-state index contributed by atoms with van der Waals surface area (Å²) in [6, 6.07) is 0. The van der Waals surface area contributed by atoms with Crippen molar-refractivity contribution >= 4 is 0 Å². The highest BCUT2D eigenvalue weighted by Crippen LogP contribution is 2.96. The van der Waals surface area contributed by atoms with E-state index in [9.17, 15) is 0 Å². The number of hydrogen-bond donors (Lipinski definition) is 0. The molecule has 4 rings (SSSR count). The van der Waals surface area contributed by atoms with Gasteiger partial charge in [-0.1, -0.05) is 48.1 Å². The highest BCUT2D eigenvalue weighted by Gasteiger charge is 2.92. The maximum Gasteiger partial charge on any atom is 0.0957 e. The summed E-state index contributed by atoms with van der Waals surface area (Å²) < 4.78 is 5.89. The third-order valence-electron chi connectivity index (χ3n) is 8.70. The minimum Gasteiger partial charge on any atom is -0.498 e. The van der Waals surface area contributed by atoms with E-state index in [4.69, 9.17) is 4.74 Å². The van der Waals surface area contributed by atoms with E-state index in [1.807, 2.05) is 0 Å². The molecule has 0 aromatic carbocycles. The molecule has 1 nitrogen and oxygen atoms in total. The molecule has 20 heavy (non-hydrogen) atoms. The highest BCUT2D eigenvalue weighted by molar-refractivity contribution is 5.42. The molecule has 0 amide bonds. The summed E-state index contributed by atoms with van der Waals surface area (Å²) in [5, 5.41) is 0. The van der Waals surface area contributed by atoms with Gasteiger partial charge in [-0.2, -0.15) is 0 Å². The average Bonchev–Trinajstić information content (AvgIpc) is 2.70. The van der Waals surface area contributed by atoms with Crippen molar-refractivity contribution in [3.63, 3.8) is 0 Å². The third-order valence-corrected chi connectivity index (χ3v) is 8.70. The first kappa shape index (κ1) is 13.2. The van der Waals surface area contributed by atoms with E-state index in [0.29, 0.717) is 27.1 Å². The van der Waals surface area contributed by atoms with Gasteiger partial charge in [0.2, 0.25) is 0 Å². The van der Waals surface area contributed by atoms with Crippen molar-refractivity contribution in [1.82, 2.24) is 0 Å². The Morgan fingerprint density at radius 2 is 1.80 bits per heavy atom. The Bertz CT molecular complexity index is 510. The first-order valence-electron chi connectivity index (χ1n) is 8.38. The molecule has 1 heterocycles. The van der Waals surface area contributed by atoms with E-state index in [1.165, 1.54) is 19.3 Å². The number of rotatable bonds is 0. The lowest BCUT2D eigenvalue weighted by Gasteiger charge is -2.49. The van der Waals surface area contributed by atoms with Crippen molar-refractivity contribution in [2.75, 3.05) is 6.61 Å². The van der Waals surface area contributed by atoms with Gasteiger partial charge in [-0.25, -0.2) is 0 Å². The zero-order chi connectivity index (χ0) is 14.8. The van der Waals surface area contributed by atoms with Crippen LogP contribution < -0.4 is 0 Å². The maximum absolute atomic E-state index is 5.89. The van der Waals surface area contributed by atoms with Crippen molar-refractivity contribution in [2.24, 2.45) is 38.9 Å². The molecule has 2 bridgehead atoms. The van der Waals surface area contributed by atoms with Gasteiger partial charge in [0, 0.05) is 5.41 Å². The molecule has 3 aliphatic carbocycles. The van der Waals surface area contributed by atoms with E-state index in [1.54, 1.807) is 0 Å². The van der Waals surface area contributed by atoms with E-state index >= 15 is 0 Å². The lowest BCUT2D eigenvalue weighted by Crippen LogP contribution is -2.44. The molecule has 3 saturated carbocycles. The summed E-state index contributed by atoms with van der Waals surface area (Å²) in [5.74, 6) is 2.84. The van der Waals surface area contributed by atoms with Crippen LogP contribution in [0.4, 0.5) is 0 Å². The van der Waals surface area contributed by atoms with Gasteiger partial charge < -0.3 is 4.74 Å². The number of ether oxygens (including phenoxy) is 1. The molecular weight excluding hydrogens is 244 g/mol. The molecule has 1 aliphatic heterocycles. The van der Waals surface area contributed by atoms with Gasteiger partial charge in [0.05, 0.1) is 12.4 Å². The van der Waals surface area contributed by atoms with Gasteiger partial charge in [-0.15, -0.1) is 0 Å². The minimum absolute atomic E-state index is 0.316. The molecule has 0 N–H and O–H groups in total. The molecule has 0 radical (unpaired) electrons. The normalized spacial score (nSPS) is 55.2. The van der Waals surface area contributed by atoms with Crippen LogP contribution in [0.1, 0.15) is 60.8 Å². The van der Waals surface area contributed by atoms with E-state index in [2.05, 4.69) is 48.1 Å². The first-order valence-corrected chi connectivity index (χ1v) is 8.38. The zero-order valence-electron chi connectivity index (χ0n) is 14.1. The SMILES string of the molecule is C=C1OCCC12CC1CC23C(C3(C)C)C1(C)C(C)(C)C. The first-order chi connectivity index (χ1) is 9.06.